The summed E-state index contributed by atoms with van der Waals surface area (Å²) in [6.07, 6.45) is 0.532. The van der Waals surface area contributed by atoms with E-state index in [1.165, 1.54) is 17.4 Å². The summed E-state index contributed by atoms with van der Waals surface area (Å²) in [5, 5.41) is 9.14. The third-order valence-corrected chi connectivity index (χ3v) is 4.54. The molecule has 3 N–H and O–H groups in total. The lowest BCUT2D eigenvalue weighted by atomic mass is 10.1. The van der Waals surface area contributed by atoms with E-state index in [9.17, 15) is 9.18 Å². The zero-order chi connectivity index (χ0) is 18.8. The average Bonchev–Trinajstić information content (AvgIpc) is 3.06. The summed E-state index contributed by atoms with van der Waals surface area (Å²) >= 11 is 1.33. The topological polar surface area (TPSA) is 78.4 Å². The molecule has 0 radical (unpaired) electrons. The average molecular weight is 505 g/mol. The first kappa shape index (κ1) is 23.3. The molecule has 27 heavy (non-hydrogen) atoms. The number of aromatic nitrogens is 1. The molecule has 0 aliphatic rings. The van der Waals surface area contributed by atoms with Crippen molar-refractivity contribution in [2.75, 3.05) is 26.2 Å². The van der Waals surface area contributed by atoms with Gasteiger partial charge in [0.1, 0.15) is 10.7 Å². The van der Waals surface area contributed by atoms with Crippen molar-refractivity contribution >= 4 is 47.2 Å². The number of aryl methyl sites for hydroxylation is 1. The van der Waals surface area contributed by atoms with Crippen molar-refractivity contribution in [2.24, 2.45) is 4.99 Å². The SMILES string of the molecule is CCNC(=NCCc1ccccc1F)NCCNC(=O)c1scnc1C.I. The fourth-order valence-electron chi connectivity index (χ4n) is 2.29. The second-order valence-electron chi connectivity index (χ2n) is 5.55. The Kier molecular flexibility index (Phi) is 10.9. The Labute approximate surface area is 180 Å². The van der Waals surface area contributed by atoms with Crippen molar-refractivity contribution in [3.63, 3.8) is 0 Å². The normalized spacial score (nSPS) is 10.9. The van der Waals surface area contributed by atoms with Gasteiger partial charge in [-0.3, -0.25) is 9.79 Å². The second-order valence-corrected chi connectivity index (χ2v) is 6.41. The fourth-order valence-corrected chi connectivity index (χ4v) is 3.01. The Balaban J connectivity index is 0.00000364. The van der Waals surface area contributed by atoms with Crippen LogP contribution in [0.4, 0.5) is 4.39 Å². The minimum atomic E-state index is -0.207. The molecule has 1 aromatic carbocycles. The summed E-state index contributed by atoms with van der Waals surface area (Å²) < 4.78 is 13.6. The molecule has 0 saturated heterocycles. The maximum atomic E-state index is 13.6. The lowest BCUT2D eigenvalue weighted by molar-refractivity contribution is 0.0957. The number of guanidine groups is 1. The van der Waals surface area contributed by atoms with Crippen LogP contribution in [0.15, 0.2) is 34.8 Å². The molecule has 0 spiro atoms. The minimum absolute atomic E-state index is 0. The molecule has 2 aromatic rings. The Hall–Kier alpha value is -1.75. The van der Waals surface area contributed by atoms with E-state index in [4.69, 9.17) is 0 Å². The van der Waals surface area contributed by atoms with Gasteiger partial charge in [0.25, 0.3) is 5.91 Å². The molecular formula is C18H25FIN5OS. The van der Waals surface area contributed by atoms with E-state index >= 15 is 0 Å². The summed E-state index contributed by atoms with van der Waals surface area (Å²) in [6, 6.07) is 6.72. The van der Waals surface area contributed by atoms with E-state index in [0.29, 0.717) is 42.5 Å². The van der Waals surface area contributed by atoms with E-state index in [-0.39, 0.29) is 35.7 Å². The molecule has 0 saturated carbocycles. The maximum absolute atomic E-state index is 13.6. The monoisotopic (exact) mass is 505 g/mol. The predicted molar refractivity (Wildman–Crippen MR) is 119 cm³/mol. The maximum Gasteiger partial charge on any atom is 0.263 e. The van der Waals surface area contributed by atoms with Crippen LogP contribution in [-0.4, -0.2) is 43.0 Å². The number of carbonyl (C=O) groups excluding carboxylic acids is 1. The number of rotatable bonds is 8. The first-order valence-electron chi connectivity index (χ1n) is 8.55. The molecule has 1 heterocycles. The number of nitrogens with zero attached hydrogens (tertiary/aromatic N) is 2. The molecule has 0 aliphatic carbocycles. The molecule has 0 bridgehead atoms. The molecule has 1 aromatic heterocycles. The third kappa shape index (κ3) is 7.79. The van der Waals surface area contributed by atoms with Crippen LogP contribution in [0, 0.1) is 12.7 Å². The van der Waals surface area contributed by atoms with Gasteiger partial charge in [-0.15, -0.1) is 35.3 Å². The van der Waals surface area contributed by atoms with Crippen molar-refractivity contribution in [2.45, 2.75) is 20.3 Å². The molecular weight excluding hydrogens is 480 g/mol. The van der Waals surface area contributed by atoms with E-state index in [0.717, 1.165) is 12.2 Å². The van der Waals surface area contributed by atoms with Crippen LogP contribution in [0.2, 0.25) is 0 Å². The zero-order valence-corrected chi connectivity index (χ0v) is 18.6. The number of hydrogen-bond donors (Lipinski definition) is 3. The van der Waals surface area contributed by atoms with Crippen molar-refractivity contribution in [3.05, 3.63) is 51.7 Å². The number of hydrogen-bond acceptors (Lipinski definition) is 4. The van der Waals surface area contributed by atoms with E-state index < -0.39 is 0 Å². The van der Waals surface area contributed by atoms with Crippen molar-refractivity contribution in [3.8, 4) is 0 Å². The molecule has 0 unspecified atom stereocenters. The molecule has 2 rings (SSSR count). The van der Waals surface area contributed by atoms with Crippen LogP contribution in [0.25, 0.3) is 0 Å². The summed E-state index contributed by atoms with van der Waals surface area (Å²) in [5.74, 6) is 0.321. The third-order valence-electron chi connectivity index (χ3n) is 3.61. The Morgan fingerprint density at radius 3 is 2.63 bits per heavy atom. The standard InChI is InChI=1S/C18H24FN5OS.HI/c1-3-20-18(22-9-8-14-6-4-5-7-15(14)19)23-11-10-21-17(25)16-13(2)24-12-26-16;/h4-7,12H,3,8-11H2,1-2H3,(H,21,25)(H2,20,22,23);1H. The summed E-state index contributed by atoms with van der Waals surface area (Å²) in [6.45, 7) is 5.99. The molecule has 9 heteroatoms. The molecule has 6 nitrogen and oxygen atoms in total. The van der Waals surface area contributed by atoms with Gasteiger partial charge in [-0.2, -0.15) is 0 Å². The van der Waals surface area contributed by atoms with Crippen LogP contribution in [-0.2, 0) is 6.42 Å². The number of benzene rings is 1. The van der Waals surface area contributed by atoms with Gasteiger partial charge >= 0.3 is 0 Å². The highest BCUT2D eigenvalue weighted by molar-refractivity contribution is 14.0. The lowest BCUT2D eigenvalue weighted by Gasteiger charge is -2.12. The lowest BCUT2D eigenvalue weighted by Crippen LogP contribution is -2.41. The van der Waals surface area contributed by atoms with E-state index in [1.54, 1.807) is 17.6 Å². The van der Waals surface area contributed by atoms with Crippen LogP contribution in [0.3, 0.4) is 0 Å². The first-order chi connectivity index (χ1) is 12.6. The van der Waals surface area contributed by atoms with Crippen molar-refractivity contribution < 1.29 is 9.18 Å². The minimum Gasteiger partial charge on any atom is -0.357 e. The summed E-state index contributed by atoms with van der Waals surface area (Å²) in [7, 11) is 0. The van der Waals surface area contributed by atoms with Crippen molar-refractivity contribution in [1.29, 1.82) is 0 Å². The molecule has 0 fully saturated rings. The fraction of sp³-hybridized carbons (Fsp3) is 0.389. The number of halogens is 2. The molecule has 148 valence electrons. The van der Waals surface area contributed by atoms with Crippen LogP contribution >= 0.6 is 35.3 Å². The van der Waals surface area contributed by atoms with Gasteiger partial charge in [0.05, 0.1) is 11.2 Å². The molecule has 1 amide bonds. The van der Waals surface area contributed by atoms with E-state index in [1.807, 2.05) is 19.9 Å². The quantitative estimate of drug-likeness (QED) is 0.223. The van der Waals surface area contributed by atoms with Gasteiger partial charge in [-0.1, -0.05) is 18.2 Å². The highest BCUT2D eigenvalue weighted by Crippen LogP contribution is 2.11. The Morgan fingerprint density at radius 1 is 1.22 bits per heavy atom. The van der Waals surface area contributed by atoms with Crippen molar-refractivity contribution in [1.82, 2.24) is 20.9 Å². The predicted octanol–water partition coefficient (Wildman–Crippen LogP) is 2.74. The van der Waals surface area contributed by atoms with Gasteiger partial charge in [0.2, 0.25) is 0 Å². The van der Waals surface area contributed by atoms with Crippen LogP contribution in [0.5, 0.6) is 0 Å². The molecule has 0 atom stereocenters. The second kappa shape index (κ2) is 12.6. The van der Waals surface area contributed by atoms with Gasteiger partial charge in [-0.25, -0.2) is 9.37 Å². The van der Waals surface area contributed by atoms with E-state index in [2.05, 4.69) is 25.9 Å². The highest BCUT2D eigenvalue weighted by Gasteiger charge is 2.10. The van der Waals surface area contributed by atoms with Gasteiger partial charge in [0.15, 0.2) is 5.96 Å². The number of aliphatic imine (C=N–C) groups is 1. The Morgan fingerprint density at radius 2 is 1.96 bits per heavy atom. The Bertz CT molecular complexity index is 753. The largest absolute Gasteiger partial charge is 0.357 e. The number of nitrogens with one attached hydrogen (secondary N) is 3. The molecule has 0 aliphatic heterocycles. The zero-order valence-electron chi connectivity index (χ0n) is 15.4. The highest BCUT2D eigenvalue weighted by atomic mass is 127. The van der Waals surface area contributed by atoms with Crippen LogP contribution < -0.4 is 16.0 Å². The van der Waals surface area contributed by atoms with Gasteiger partial charge < -0.3 is 16.0 Å². The first-order valence-corrected chi connectivity index (χ1v) is 9.43. The number of thiazole rings is 1. The summed E-state index contributed by atoms with van der Waals surface area (Å²) in [5.41, 5.74) is 3.05. The summed E-state index contributed by atoms with van der Waals surface area (Å²) in [4.78, 5) is 21.1. The number of carbonyl (C=O) groups is 1. The number of amides is 1. The smallest absolute Gasteiger partial charge is 0.263 e. The van der Waals surface area contributed by atoms with Gasteiger partial charge in [-0.05, 0) is 31.9 Å². The van der Waals surface area contributed by atoms with Gasteiger partial charge in [0, 0.05) is 26.2 Å². The van der Waals surface area contributed by atoms with Crippen LogP contribution in [0.1, 0.15) is 27.9 Å².